The molecule has 4 N–H and O–H groups in total. The summed E-state index contributed by atoms with van der Waals surface area (Å²) in [5.41, 5.74) is 6.23. The van der Waals surface area contributed by atoms with Gasteiger partial charge in [0.15, 0.2) is 0 Å². The highest BCUT2D eigenvalue weighted by atomic mass is 16.3. The van der Waals surface area contributed by atoms with E-state index in [1.54, 1.807) is 18.2 Å². The molecule has 0 atom stereocenters. The van der Waals surface area contributed by atoms with E-state index in [9.17, 15) is 9.90 Å². The standard InChI is InChI=1S/C14H22N2O2/c1-3-14(4-2,10-15)16-13(18)9-11-6-5-7-12(17)8-11/h5-8,17H,3-4,9-10,15H2,1-2H3,(H,16,18). The van der Waals surface area contributed by atoms with E-state index < -0.39 is 0 Å². The fourth-order valence-corrected chi connectivity index (χ4v) is 1.96. The van der Waals surface area contributed by atoms with Gasteiger partial charge < -0.3 is 16.2 Å². The Morgan fingerprint density at radius 2 is 2.06 bits per heavy atom. The zero-order valence-electron chi connectivity index (χ0n) is 11.1. The number of nitrogens with one attached hydrogen (secondary N) is 1. The van der Waals surface area contributed by atoms with Gasteiger partial charge in [-0.3, -0.25) is 4.79 Å². The first-order valence-electron chi connectivity index (χ1n) is 6.34. The van der Waals surface area contributed by atoms with Crippen molar-refractivity contribution < 1.29 is 9.90 Å². The molecule has 0 fully saturated rings. The van der Waals surface area contributed by atoms with Gasteiger partial charge >= 0.3 is 0 Å². The summed E-state index contributed by atoms with van der Waals surface area (Å²) >= 11 is 0. The van der Waals surface area contributed by atoms with Crippen molar-refractivity contribution in [2.24, 2.45) is 5.73 Å². The minimum atomic E-state index is -0.312. The van der Waals surface area contributed by atoms with Crippen LogP contribution in [0.5, 0.6) is 5.75 Å². The normalized spacial score (nSPS) is 11.3. The molecule has 1 amide bonds. The third-order valence-corrected chi connectivity index (χ3v) is 3.42. The molecule has 1 aromatic rings. The number of rotatable bonds is 6. The Labute approximate surface area is 108 Å². The Balaban J connectivity index is 2.66. The van der Waals surface area contributed by atoms with Crippen molar-refractivity contribution in [3.63, 3.8) is 0 Å². The Hall–Kier alpha value is -1.55. The third-order valence-electron chi connectivity index (χ3n) is 3.42. The molecule has 0 saturated carbocycles. The molecular formula is C14H22N2O2. The second-order valence-corrected chi connectivity index (χ2v) is 4.59. The van der Waals surface area contributed by atoms with Crippen molar-refractivity contribution in [3.05, 3.63) is 29.8 Å². The van der Waals surface area contributed by atoms with E-state index in [1.807, 2.05) is 19.9 Å². The summed E-state index contributed by atoms with van der Waals surface area (Å²) in [4.78, 5) is 12.0. The Morgan fingerprint density at radius 1 is 1.39 bits per heavy atom. The molecule has 18 heavy (non-hydrogen) atoms. The minimum Gasteiger partial charge on any atom is -0.508 e. The van der Waals surface area contributed by atoms with Crippen molar-refractivity contribution in [2.75, 3.05) is 6.54 Å². The molecule has 0 aliphatic carbocycles. The van der Waals surface area contributed by atoms with Crippen LogP contribution in [0.1, 0.15) is 32.3 Å². The zero-order chi connectivity index (χ0) is 13.6. The highest BCUT2D eigenvalue weighted by Crippen LogP contribution is 2.15. The maximum absolute atomic E-state index is 12.0. The van der Waals surface area contributed by atoms with Crippen molar-refractivity contribution in [1.82, 2.24) is 5.32 Å². The van der Waals surface area contributed by atoms with Crippen LogP contribution in [0.3, 0.4) is 0 Å². The fourth-order valence-electron chi connectivity index (χ4n) is 1.96. The van der Waals surface area contributed by atoms with Crippen molar-refractivity contribution in [2.45, 2.75) is 38.6 Å². The monoisotopic (exact) mass is 250 g/mol. The van der Waals surface area contributed by atoms with Crippen LogP contribution in [0.4, 0.5) is 0 Å². The molecule has 0 aliphatic rings. The summed E-state index contributed by atoms with van der Waals surface area (Å²) in [6.07, 6.45) is 1.88. The van der Waals surface area contributed by atoms with Gasteiger partial charge in [-0.05, 0) is 30.5 Å². The first-order chi connectivity index (χ1) is 8.55. The molecule has 0 aliphatic heterocycles. The predicted molar refractivity (Wildman–Crippen MR) is 72.3 cm³/mol. The largest absolute Gasteiger partial charge is 0.508 e. The van der Waals surface area contributed by atoms with Crippen molar-refractivity contribution >= 4 is 5.91 Å². The lowest BCUT2D eigenvalue weighted by Gasteiger charge is -2.31. The summed E-state index contributed by atoms with van der Waals surface area (Å²) in [6.45, 7) is 4.47. The van der Waals surface area contributed by atoms with Gasteiger partial charge in [-0.2, -0.15) is 0 Å². The summed E-state index contributed by atoms with van der Waals surface area (Å²) < 4.78 is 0. The number of benzene rings is 1. The van der Waals surface area contributed by atoms with Crippen LogP contribution < -0.4 is 11.1 Å². The molecule has 1 aromatic carbocycles. The number of nitrogens with two attached hydrogens (primary N) is 1. The van der Waals surface area contributed by atoms with E-state index in [1.165, 1.54) is 0 Å². The van der Waals surface area contributed by atoms with Gasteiger partial charge in [-0.25, -0.2) is 0 Å². The van der Waals surface area contributed by atoms with Crippen LogP contribution >= 0.6 is 0 Å². The first kappa shape index (κ1) is 14.5. The van der Waals surface area contributed by atoms with Gasteiger partial charge in [0, 0.05) is 6.54 Å². The van der Waals surface area contributed by atoms with E-state index in [0.29, 0.717) is 6.54 Å². The SMILES string of the molecule is CCC(CC)(CN)NC(=O)Cc1cccc(O)c1. The molecule has 0 unspecified atom stereocenters. The third kappa shape index (κ3) is 3.74. The Morgan fingerprint density at radius 3 is 2.56 bits per heavy atom. The molecule has 0 aromatic heterocycles. The van der Waals surface area contributed by atoms with E-state index in [0.717, 1.165) is 18.4 Å². The predicted octanol–water partition coefficient (Wildman–Crippen LogP) is 1.57. The summed E-state index contributed by atoms with van der Waals surface area (Å²) in [6, 6.07) is 6.74. The van der Waals surface area contributed by atoms with Gasteiger partial charge in [-0.1, -0.05) is 26.0 Å². The number of phenolic OH excluding ortho intramolecular Hbond substituents is 1. The van der Waals surface area contributed by atoms with Gasteiger partial charge in [0.05, 0.1) is 12.0 Å². The summed E-state index contributed by atoms with van der Waals surface area (Å²) in [7, 11) is 0. The number of phenols is 1. The van der Waals surface area contributed by atoms with Gasteiger partial charge in [-0.15, -0.1) is 0 Å². The molecule has 0 heterocycles. The maximum Gasteiger partial charge on any atom is 0.224 e. The minimum absolute atomic E-state index is 0.0604. The number of carbonyl (C=O) groups excluding carboxylic acids is 1. The Kier molecular flexibility index (Phi) is 5.16. The van der Waals surface area contributed by atoms with Crippen molar-refractivity contribution in [3.8, 4) is 5.75 Å². The van der Waals surface area contributed by atoms with Crippen LogP contribution in [0, 0.1) is 0 Å². The second kappa shape index (κ2) is 6.40. The van der Waals surface area contributed by atoms with Gasteiger partial charge in [0.2, 0.25) is 5.91 Å². The second-order valence-electron chi connectivity index (χ2n) is 4.59. The van der Waals surface area contributed by atoms with Crippen molar-refractivity contribution in [1.29, 1.82) is 0 Å². The van der Waals surface area contributed by atoms with Crippen LogP contribution in [0.2, 0.25) is 0 Å². The lowest BCUT2D eigenvalue weighted by Crippen LogP contribution is -2.53. The topological polar surface area (TPSA) is 75.3 Å². The van der Waals surface area contributed by atoms with Gasteiger partial charge in [0.1, 0.15) is 5.75 Å². The van der Waals surface area contributed by atoms with Crippen LogP contribution in [0.25, 0.3) is 0 Å². The average Bonchev–Trinajstić information content (AvgIpc) is 2.36. The quantitative estimate of drug-likeness (QED) is 0.717. The lowest BCUT2D eigenvalue weighted by atomic mass is 9.92. The fraction of sp³-hybridized carbons (Fsp3) is 0.500. The highest BCUT2D eigenvalue weighted by molar-refractivity contribution is 5.79. The molecule has 0 bridgehead atoms. The van der Waals surface area contributed by atoms with Gasteiger partial charge in [0.25, 0.3) is 0 Å². The number of amides is 1. The average molecular weight is 250 g/mol. The van der Waals surface area contributed by atoms with Crippen LogP contribution in [-0.2, 0) is 11.2 Å². The number of carbonyl (C=O) groups is 1. The van der Waals surface area contributed by atoms with E-state index in [2.05, 4.69) is 5.32 Å². The summed E-state index contributed by atoms with van der Waals surface area (Å²) in [5, 5.41) is 12.3. The Bertz CT molecular complexity index is 392. The van der Waals surface area contributed by atoms with E-state index in [-0.39, 0.29) is 23.6 Å². The van der Waals surface area contributed by atoms with E-state index in [4.69, 9.17) is 5.73 Å². The smallest absolute Gasteiger partial charge is 0.224 e. The molecule has 1 rings (SSSR count). The highest BCUT2D eigenvalue weighted by Gasteiger charge is 2.26. The number of aromatic hydroxyl groups is 1. The number of hydrogen-bond acceptors (Lipinski definition) is 3. The summed E-state index contributed by atoms with van der Waals surface area (Å²) in [5.74, 6) is 0.117. The molecule has 0 saturated heterocycles. The van der Waals surface area contributed by atoms with E-state index >= 15 is 0 Å². The lowest BCUT2D eigenvalue weighted by molar-refractivity contribution is -0.122. The zero-order valence-corrected chi connectivity index (χ0v) is 11.1. The maximum atomic E-state index is 12.0. The molecule has 100 valence electrons. The molecule has 4 nitrogen and oxygen atoms in total. The van der Waals surface area contributed by atoms with Crippen LogP contribution in [-0.4, -0.2) is 23.1 Å². The molecule has 0 radical (unpaired) electrons. The molecule has 0 spiro atoms. The number of hydrogen-bond donors (Lipinski definition) is 3. The molecular weight excluding hydrogens is 228 g/mol. The molecule has 4 heteroatoms. The van der Waals surface area contributed by atoms with Crippen LogP contribution in [0.15, 0.2) is 24.3 Å². The first-order valence-corrected chi connectivity index (χ1v) is 6.34.